The van der Waals surface area contributed by atoms with Crippen LogP contribution in [0.5, 0.6) is 0 Å². The van der Waals surface area contributed by atoms with Crippen molar-refractivity contribution < 1.29 is 19.1 Å². The highest BCUT2D eigenvalue weighted by molar-refractivity contribution is 6.74. The van der Waals surface area contributed by atoms with Crippen LogP contribution in [0.2, 0.25) is 18.1 Å². The normalized spacial score (nSPS) is 26.9. The standard InChI is InChI=1S/C12H24O4Si/c1-12(2,3)17(4,5)16-9-6-7-15-10(8-9)11(13)14/h9-10H,6-8H2,1-5H3,(H,13,14). The summed E-state index contributed by atoms with van der Waals surface area (Å²) in [5, 5.41) is 9.10. The molecule has 0 aromatic rings. The molecule has 1 aliphatic rings. The average molecular weight is 260 g/mol. The molecule has 0 aliphatic carbocycles. The van der Waals surface area contributed by atoms with E-state index in [1.54, 1.807) is 0 Å². The van der Waals surface area contributed by atoms with Gasteiger partial charge < -0.3 is 14.3 Å². The zero-order valence-corrected chi connectivity index (χ0v) is 12.4. The van der Waals surface area contributed by atoms with Gasteiger partial charge in [-0.25, -0.2) is 4.79 Å². The van der Waals surface area contributed by atoms with Crippen LogP contribution < -0.4 is 0 Å². The van der Waals surface area contributed by atoms with Crippen LogP contribution in [0.3, 0.4) is 0 Å². The van der Waals surface area contributed by atoms with E-state index in [2.05, 4.69) is 33.9 Å². The summed E-state index contributed by atoms with van der Waals surface area (Å²) in [5.41, 5.74) is 0. The SMILES string of the molecule is CC(C)(C)[Si](C)(C)OC1CCOC(C(=O)O)C1. The topological polar surface area (TPSA) is 55.8 Å². The van der Waals surface area contributed by atoms with Crippen molar-refractivity contribution in [2.75, 3.05) is 6.61 Å². The molecule has 1 saturated heterocycles. The lowest BCUT2D eigenvalue weighted by atomic mass is 10.1. The third kappa shape index (κ3) is 3.79. The quantitative estimate of drug-likeness (QED) is 0.793. The Kier molecular flexibility index (Phi) is 4.38. The van der Waals surface area contributed by atoms with Gasteiger partial charge in [0.1, 0.15) is 0 Å². The molecular weight excluding hydrogens is 236 g/mol. The average Bonchev–Trinajstić information content (AvgIpc) is 2.15. The molecule has 2 atom stereocenters. The predicted molar refractivity (Wildman–Crippen MR) is 68.7 cm³/mol. The first-order valence-corrected chi connectivity index (χ1v) is 9.06. The summed E-state index contributed by atoms with van der Waals surface area (Å²) < 4.78 is 11.4. The molecule has 100 valence electrons. The zero-order chi connectivity index (χ0) is 13.3. The van der Waals surface area contributed by atoms with E-state index in [9.17, 15) is 4.79 Å². The van der Waals surface area contributed by atoms with E-state index in [1.807, 2.05) is 0 Å². The van der Waals surface area contributed by atoms with Crippen LogP contribution in [0.15, 0.2) is 0 Å². The molecule has 0 radical (unpaired) electrons. The fourth-order valence-electron chi connectivity index (χ4n) is 1.64. The second-order valence-electron chi connectivity index (χ2n) is 6.22. The van der Waals surface area contributed by atoms with E-state index in [1.165, 1.54) is 0 Å². The van der Waals surface area contributed by atoms with E-state index in [0.717, 1.165) is 6.42 Å². The Labute approximate surface area is 104 Å². The number of hydrogen-bond donors (Lipinski definition) is 1. The fourth-order valence-corrected chi connectivity index (χ4v) is 3.04. The van der Waals surface area contributed by atoms with Gasteiger partial charge >= 0.3 is 5.97 Å². The van der Waals surface area contributed by atoms with Crippen LogP contribution in [0, 0.1) is 0 Å². The molecule has 0 bridgehead atoms. The summed E-state index contributed by atoms with van der Waals surface area (Å²) in [6.45, 7) is 11.4. The molecule has 0 amide bonds. The maximum Gasteiger partial charge on any atom is 0.332 e. The van der Waals surface area contributed by atoms with Crippen molar-refractivity contribution >= 4 is 14.3 Å². The van der Waals surface area contributed by atoms with Crippen molar-refractivity contribution in [1.29, 1.82) is 0 Å². The minimum atomic E-state index is -1.81. The van der Waals surface area contributed by atoms with Crippen molar-refractivity contribution in [2.24, 2.45) is 0 Å². The zero-order valence-electron chi connectivity index (χ0n) is 11.4. The molecule has 17 heavy (non-hydrogen) atoms. The number of ether oxygens (including phenoxy) is 1. The van der Waals surface area contributed by atoms with Gasteiger partial charge in [0.2, 0.25) is 0 Å². The predicted octanol–water partition coefficient (Wildman–Crippen LogP) is 2.64. The second-order valence-corrected chi connectivity index (χ2v) is 11.0. The van der Waals surface area contributed by atoms with E-state index in [4.69, 9.17) is 14.3 Å². The number of carboxylic acids is 1. The van der Waals surface area contributed by atoms with E-state index in [-0.39, 0.29) is 11.1 Å². The summed E-state index contributed by atoms with van der Waals surface area (Å²) >= 11 is 0. The first-order chi connectivity index (χ1) is 7.63. The lowest BCUT2D eigenvalue weighted by Gasteiger charge is -2.41. The maximum atomic E-state index is 10.9. The lowest BCUT2D eigenvalue weighted by molar-refractivity contribution is -0.156. The molecular formula is C12H24O4Si. The third-order valence-electron chi connectivity index (χ3n) is 3.78. The van der Waals surface area contributed by atoms with Gasteiger partial charge in [-0.05, 0) is 24.6 Å². The Morgan fingerprint density at radius 2 is 2.00 bits per heavy atom. The first-order valence-electron chi connectivity index (χ1n) is 6.16. The molecule has 1 rings (SSSR count). The molecule has 1 heterocycles. The van der Waals surface area contributed by atoms with Crippen molar-refractivity contribution in [3.63, 3.8) is 0 Å². The Bertz CT molecular complexity index is 283. The Balaban J connectivity index is 2.60. The highest BCUT2D eigenvalue weighted by atomic mass is 28.4. The minimum absolute atomic E-state index is 0.0331. The number of aliphatic carboxylic acids is 1. The minimum Gasteiger partial charge on any atom is -0.479 e. The van der Waals surface area contributed by atoms with Crippen LogP contribution >= 0.6 is 0 Å². The molecule has 2 unspecified atom stereocenters. The number of rotatable bonds is 3. The summed E-state index contributed by atoms with van der Waals surface area (Å²) in [7, 11) is -1.81. The van der Waals surface area contributed by atoms with Gasteiger partial charge in [-0.15, -0.1) is 0 Å². The second kappa shape index (κ2) is 5.08. The highest BCUT2D eigenvalue weighted by Crippen LogP contribution is 2.38. The smallest absolute Gasteiger partial charge is 0.332 e. The number of hydrogen-bond acceptors (Lipinski definition) is 3. The Morgan fingerprint density at radius 1 is 1.41 bits per heavy atom. The third-order valence-corrected chi connectivity index (χ3v) is 8.31. The molecule has 0 spiro atoms. The highest BCUT2D eigenvalue weighted by Gasteiger charge is 2.40. The van der Waals surface area contributed by atoms with Crippen molar-refractivity contribution in [3.8, 4) is 0 Å². The number of carbonyl (C=O) groups is 1. The summed E-state index contributed by atoms with van der Waals surface area (Å²) in [6, 6.07) is 0. The van der Waals surface area contributed by atoms with Gasteiger partial charge in [0.25, 0.3) is 0 Å². The van der Waals surface area contributed by atoms with Gasteiger partial charge in [0, 0.05) is 6.42 Å². The lowest BCUT2D eigenvalue weighted by Crippen LogP contribution is -2.47. The van der Waals surface area contributed by atoms with E-state index >= 15 is 0 Å². The molecule has 1 N–H and O–H groups in total. The van der Waals surface area contributed by atoms with Crippen LogP contribution in [-0.2, 0) is 14.0 Å². The van der Waals surface area contributed by atoms with Crippen LogP contribution in [0.4, 0.5) is 0 Å². The van der Waals surface area contributed by atoms with Gasteiger partial charge in [-0.1, -0.05) is 20.8 Å². The summed E-state index contributed by atoms with van der Waals surface area (Å²) in [6.07, 6.45) is 0.613. The Hall–Kier alpha value is -0.393. The van der Waals surface area contributed by atoms with E-state index in [0.29, 0.717) is 13.0 Å². The van der Waals surface area contributed by atoms with E-state index < -0.39 is 20.4 Å². The fraction of sp³-hybridized carbons (Fsp3) is 0.917. The molecule has 0 aromatic carbocycles. The molecule has 0 aromatic heterocycles. The maximum absolute atomic E-state index is 10.9. The molecule has 1 aliphatic heterocycles. The largest absolute Gasteiger partial charge is 0.479 e. The first kappa shape index (κ1) is 14.7. The van der Waals surface area contributed by atoms with Crippen LogP contribution in [-0.4, -0.2) is 38.2 Å². The van der Waals surface area contributed by atoms with Gasteiger partial charge in [0.05, 0.1) is 12.7 Å². The Morgan fingerprint density at radius 3 is 2.47 bits per heavy atom. The summed E-state index contributed by atoms with van der Waals surface area (Å²) in [5.74, 6) is -0.881. The van der Waals surface area contributed by atoms with Gasteiger partial charge in [-0.3, -0.25) is 0 Å². The molecule has 1 fully saturated rings. The van der Waals surface area contributed by atoms with Crippen molar-refractivity contribution in [1.82, 2.24) is 0 Å². The molecule has 5 heteroatoms. The summed E-state index contributed by atoms with van der Waals surface area (Å²) in [4.78, 5) is 10.9. The van der Waals surface area contributed by atoms with Crippen LogP contribution in [0.25, 0.3) is 0 Å². The molecule has 0 saturated carbocycles. The van der Waals surface area contributed by atoms with Crippen LogP contribution in [0.1, 0.15) is 33.6 Å². The molecule has 4 nitrogen and oxygen atoms in total. The van der Waals surface area contributed by atoms with Gasteiger partial charge in [0.15, 0.2) is 14.4 Å². The number of carboxylic acid groups (broad SMARTS) is 1. The van der Waals surface area contributed by atoms with Crippen molar-refractivity contribution in [2.45, 2.75) is 64.0 Å². The monoisotopic (exact) mass is 260 g/mol. The van der Waals surface area contributed by atoms with Crippen molar-refractivity contribution in [3.05, 3.63) is 0 Å². The van der Waals surface area contributed by atoms with Gasteiger partial charge in [-0.2, -0.15) is 0 Å².